The van der Waals surface area contributed by atoms with Gasteiger partial charge in [0.05, 0.1) is 12.7 Å². The summed E-state index contributed by atoms with van der Waals surface area (Å²) < 4.78 is 30.4. The van der Waals surface area contributed by atoms with Crippen LogP contribution in [-0.4, -0.2) is 43.1 Å². The van der Waals surface area contributed by atoms with Crippen molar-refractivity contribution in [3.8, 4) is 6.07 Å². The fourth-order valence-electron chi connectivity index (χ4n) is 2.05. The predicted molar refractivity (Wildman–Crippen MR) is 65.0 cm³/mol. The summed E-state index contributed by atoms with van der Waals surface area (Å²) in [6.07, 6.45) is 1.29. The topological polar surface area (TPSA) is 87.5 Å². The second kappa shape index (κ2) is 6.16. The minimum absolute atomic E-state index is 0.213. The van der Waals surface area contributed by atoms with Gasteiger partial charge in [-0.1, -0.05) is 6.92 Å². The van der Waals surface area contributed by atoms with Gasteiger partial charge in [-0.05, 0) is 26.2 Å². The highest BCUT2D eigenvalue weighted by Crippen LogP contribution is 2.25. The van der Waals surface area contributed by atoms with E-state index in [-0.39, 0.29) is 19.6 Å². The lowest BCUT2D eigenvalue weighted by molar-refractivity contribution is -0.146. The third kappa shape index (κ3) is 2.82. The van der Waals surface area contributed by atoms with Gasteiger partial charge >= 0.3 is 5.97 Å². The predicted octanol–water partition coefficient (Wildman–Crippen LogP) is 0.646. The quantitative estimate of drug-likeness (QED) is 0.687. The molecule has 0 saturated carbocycles. The lowest BCUT2D eigenvalue weighted by Gasteiger charge is -2.24. The molecule has 18 heavy (non-hydrogen) atoms. The molecule has 2 atom stereocenters. The maximum absolute atomic E-state index is 12.2. The van der Waals surface area contributed by atoms with Gasteiger partial charge in [0.1, 0.15) is 6.04 Å². The first-order valence-electron chi connectivity index (χ1n) is 6.05. The summed E-state index contributed by atoms with van der Waals surface area (Å²) in [6, 6.07) is 1.01. The van der Waals surface area contributed by atoms with Gasteiger partial charge in [-0.2, -0.15) is 9.57 Å². The van der Waals surface area contributed by atoms with Gasteiger partial charge in [0, 0.05) is 6.54 Å². The third-order valence-electron chi connectivity index (χ3n) is 2.96. The Bertz CT molecular complexity index is 440. The molecule has 0 aliphatic carbocycles. The number of rotatable bonds is 5. The molecule has 1 aliphatic heterocycles. The highest BCUT2D eigenvalue weighted by atomic mass is 32.2. The third-order valence-corrected chi connectivity index (χ3v) is 5.21. The number of hydrogen-bond donors (Lipinski definition) is 0. The number of ether oxygens (including phenoxy) is 1. The Kier molecular flexibility index (Phi) is 5.11. The number of sulfonamides is 1. The summed E-state index contributed by atoms with van der Waals surface area (Å²) in [5.74, 6) is -0.522. The lowest BCUT2D eigenvalue weighted by Crippen LogP contribution is -2.45. The standard InChI is InChI=1S/C11H18N2O4S/c1-3-9(8-12)18(15,16)13-7-5-6-10(13)11(14)17-4-2/h9-10H,3-7H2,1-2H3. The Balaban J connectivity index is 2.94. The van der Waals surface area contributed by atoms with Crippen LogP contribution in [0.25, 0.3) is 0 Å². The normalized spacial score (nSPS) is 22.4. The van der Waals surface area contributed by atoms with Crippen LogP contribution in [0.1, 0.15) is 33.1 Å². The van der Waals surface area contributed by atoms with Gasteiger partial charge in [-0.25, -0.2) is 8.42 Å². The van der Waals surface area contributed by atoms with E-state index >= 15 is 0 Å². The molecule has 0 bridgehead atoms. The van der Waals surface area contributed by atoms with E-state index in [4.69, 9.17) is 10.00 Å². The van der Waals surface area contributed by atoms with Crippen LogP contribution in [0, 0.1) is 11.3 Å². The molecule has 0 N–H and O–H groups in total. The van der Waals surface area contributed by atoms with Crippen LogP contribution in [0.15, 0.2) is 0 Å². The number of carbonyl (C=O) groups excluding carboxylic acids is 1. The van der Waals surface area contributed by atoms with Crippen LogP contribution in [0.4, 0.5) is 0 Å². The Labute approximate surface area is 108 Å². The van der Waals surface area contributed by atoms with Crippen molar-refractivity contribution in [2.24, 2.45) is 0 Å². The van der Waals surface area contributed by atoms with Gasteiger partial charge in [0.25, 0.3) is 0 Å². The molecule has 1 fully saturated rings. The minimum atomic E-state index is -3.74. The summed E-state index contributed by atoms with van der Waals surface area (Å²) in [5, 5.41) is 7.79. The van der Waals surface area contributed by atoms with Crippen LogP contribution in [-0.2, 0) is 19.6 Å². The van der Waals surface area contributed by atoms with Crippen molar-refractivity contribution in [2.75, 3.05) is 13.2 Å². The fraction of sp³-hybridized carbons (Fsp3) is 0.818. The number of carbonyl (C=O) groups is 1. The van der Waals surface area contributed by atoms with Crippen LogP contribution in [0.2, 0.25) is 0 Å². The van der Waals surface area contributed by atoms with Crippen molar-refractivity contribution in [1.82, 2.24) is 4.31 Å². The van der Waals surface area contributed by atoms with Crippen molar-refractivity contribution in [3.05, 3.63) is 0 Å². The Hall–Kier alpha value is -1.13. The second-order valence-corrected chi connectivity index (χ2v) is 6.16. The average molecular weight is 274 g/mol. The molecule has 1 saturated heterocycles. The van der Waals surface area contributed by atoms with Crippen LogP contribution >= 0.6 is 0 Å². The molecule has 0 spiro atoms. The number of nitriles is 1. The van der Waals surface area contributed by atoms with E-state index < -0.39 is 27.3 Å². The molecule has 0 aromatic rings. The van der Waals surface area contributed by atoms with Crippen LogP contribution < -0.4 is 0 Å². The van der Waals surface area contributed by atoms with Gasteiger partial charge in [-0.15, -0.1) is 0 Å². The van der Waals surface area contributed by atoms with Crippen LogP contribution in [0.3, 0.4) is 0 Å². The Morgan fingerprint density at radius 3 is 2.72 bits per heavy atom. The highest BCUT2D eigenvalue weighted by Gasteiger charge is 2.42. The molecule has 102 valence electrons. The van der Waals surface area contributed by atoms with Crippen LogP contribution in [0.5, 0.6) is 0 Å². The zero-order valence-electron chi connectivity index (χ0n) is 10.6. The summed E-state index contributed by atoms with van der Waals surface area (Å²) >= 11 is 0. The molecule has 0 amide bonds. The smallest absolute Gasteiger partial charge is 0.324 e. The van der Waals surface area contributed by atoms with E-state index in [1.807, 2.05) is 0 Å². The van der Waals surface area contributed by atoms with Crippen molar-refractivity contribution in [2.45, 2.75) is 44.4 Å². The fourth-order valence-corrected chi connectivity index (χ4v) is 3.86. The van der Waals surface area contributed by atoms with Gasteiger partial charge in [0.15, 0.2) is 5.25 Å². The zero-order chi connectivity index (χ0) is 13.8. The molecular weight excluding hydrogens is 256 g/mol. The lowest BCUT2D eigenvalue weighted by atomic mass is 10.2. The molecule has 0 aromatic heterocycles. The zero-order valence-corrected chi connectivity index (χ0v) is 11.4. The summed E-state index contributed by atoms with van der Waals surface area (Å²) in [4.78, 5) is 11.7. The Morgan fingerprint density at radius 2 is 2.22 bits per heavy atom. The van der Waals surface area contributed by atoms with Crippen molar-refractivity contribution >= 4 is 16.0 Å². The molecule has 7 heteroatoms. The maximum atomic E-state index is 12.2. The molecular formula is C11H18N2O4S. The summed E-state index contributed by atoms with van der Waals surface area (Å²) in [7, 11) is -3.74. The molecule has 1 rings (SSSR count). The van der Waals surface area contributed by atoms with E-state index in [1.165, 1.54) is 0 Å². The van der Waals surface area contributed by atoms with Crippen molar-refractivity contribution < 1.29 is 17.9 Å². The largest absolute Gasteiger partial charge is 0.465 e. The first-order chi connectivity index (χ1) is 8.48. The van der Waals surface area contributed by atoms with E-state index in [0.29, 0.717) is 12.8 Å². The molecule has 1 heterocycles. The minimum Gasteiger partial charge on any atom is -0.465 e. The molecule has 0 radical (unpaired) electrons. The number of esters is 1. The highest BCUT2D eigenvalue weighted by molar-refractivity contribution is 7.90. The van der Waals surface area contributed by atoms with Gasteiger partial charge in [0.2, 0.25) is 10.0 Å². The Morgan fingerprint density at radius 1 is 1.56 bits per heavy atom. The average Bonchev–Trinajstić information content (AvgIpc) is 2.80. The molecule has 0 aromatic carbocycles. The van der Waals surface area contributed by atoms with E-state index in [2.05, 4.69) is 0 Å². The van der Waals surface area contributed by atoms with E-state index in [1.54, 1.807) is 19.9 Å². The first kappa shape index (κ1) is 14.9. The number of hydrogen-bond acceptors (Lipinski definition) is 5. The van der Waals surface area contributed by atoms with Crippen molar-refractivity contribution in [1.29, 1.82) is 5.26 Å². The number of nitrogens with zero attached hydrogens (tertiary/aromatic N) is 2. The van der Waals surface area contributed by atoms with E-state index in [0.717, 1.165) is 4.31 Å². The molecule has 1 aliphatic rings. The summed E-state index contributed by atoms with van der Waals surface area (Å²) in [6.45, 7) is 3.82. The van der Waals surface area contributed by atoms with Crippen molar-refractivity contribution in [3.63, 3.8) is 0 Å². The van der Waals surface area contributed by atoms with E-state index in [9.17, 15) is 13.2 Å². The molecule has 2 unspecified atom stereocenters. The van der Waals surface area contributed by atoms with Gasteiger partial charge < -0.3 is 4.74 Å². The second-order valence-electron chi connectivity index (χ2n) is 4.09. The SMILES string of the molecule is CCOC(=O)C1CCCN1S(=O)(=O)C(C#N)CC. The monoisotopic (exact) mass is 274 g/mol. The molecule has 6 nitrogen and oxygen atoms in total. The maximum Gasteiger partial charge on any atom is 0.324 e. The first-order valence-corrected chi connectivity index (χ1v) is 7.56. The van der Waals surface area contributed by atoms with Gasteiger partial charge in [-0.3, -0.25) is 4.79 Å². The summed E-state index contributed by atoms with van der Waals surface area (Å²) in [5.41, 5.74) is 0.